The molecule has 1 aliphatic heterocycles. The van der Waals surface area contributed by atoms with Gasteiger partial charge in [0, 0.05) is 31.4 Å². The second-order valence-electron chi connectivity index (χ2n) is 6.16. The lowest BCUT2D eigenvalue weighted by Gasteiger charge is -2.34. The maximum atomic E-state index is 12.2. The van der Waals surface area contributed by atoms with Crippen LogP contribution in [0.25, 0.3) is 5.65 Å². The molecule has 2 unspecified atom stereocenters. The first-order valence-electron chi connectivity index (χ1n) is 7.69. The van der Waals surface area contributed by atoms with Gasteiger partial charge in [0.2, 0.25) is 0 Å². The van der Waals surface area contributed by atoms with Gasteiger partial charge in [-0.15, -0.1) is 0 Å². The molecule has 0 amide bonds. The predicted octanol–water partition coefficient (Wildman–Crippen LogP) is 1.91. The molecule has 6 heteroatoms. The largest absolute Gasteiger partial charge is 0.328 e. The fourth-order valence-corrected chi connectivity index (χ4v) is 3.26. The van der Waals surface area contributed by atoms with Crippen LogP contribution in [0.1, 0.15) is 25.5 Å². The van der Waals surface area contributed by atoms with E-state index in [1.54, 1.807) is 24.4 Å². The summed E-state index contributed by atoms with van der Waals surface area (Å²) in [5, 5.41) is 0.528. The summed E-state index contributed by atoms with van der Waals surface area (Å²) >= 11 is 5.92. The molecule has 1 aliphatic rings. The van der Waals surface area contributed by atoms with Crippen molar-refractivity contribution in [3.8, 4) is 0 Å². The average molecular weight is 321 g/mol. The minimum absolute atomic E-state index is 0.0942. The summed E-state index contributed by atoms with van der Waals surface area (Å²) in [7, 11) is 0. The summed E-state index contributed by atoms with van der Waals surface area (Å²) in [5.74, 6) is 0.522. The molecule has 0 saturated carbocycles. The van der Waals surface area contributed by atoms with Gasteiger partial charge < -0.3 is 5.73 Å². The predicted molar refractivity (Wildman–Crippen MR) is 88.1 cm³/mol. The molecule has 1 saturated heterocycles. The fourth-order valence-electron chi connectivity index (χ4n) is 3.10. The maximum absolute atomic E-state index is 12.2. The first-order chi connectivity index (χ1) is 10.5. The van der Waals surface area contributed by atoms with Crippen molar-refractivity contribution in [2.45, 2.75) is 32.4 Å². The molecule has 0 bridgehead atoms. The van der Waals surface area contributed by atoms with Gasteiger partial charge in [0.1, 0.15) is 5.65 Å². The van der Waals surface area contributed by atoms with E-state index in [1.165, 1.54) is 10.8 Å². The molecule has 1 fully saturated rings. The molecule has 2 aromatic heterocycles. The monoisotopic (exact) mass is 320 g/mol. The summed E-state index contributed by atoms with van der Waals surface area (Å²) in [4.78, 5) is 19.1. The molecule has 3 rings (SSSR count). The van der Waals surface area contributed by atoms with Crippen LogP contribution in [0.2, 0.25) is 5.02 Å². The summed E-state index contributed by atoms with van der Waals surface area (Å²) in [5.41, 5.74) is 7.37. The van der Waals surface area contributed by atoms with Gasteiger partial charge in [0.05, 0.1) is 10.7 Å². The van der Waals surface area contributed by atoms with Crippen LogP contribution >= 0.6 is 11.6 Å². The number of nitrogens with zero attached hydrogens (tertiary/aromatic N) is 3. The smallest absolute Gasteiger partial charge is 0.258 e. The lowest BCUT2D eigenvalue weighted by Crippen LogP contribution is -2.42. The number of pyridine rings is 1. The topological polar surface area (TPSA) is 63.6 Å². The number of rotatable bonds is 3. The molecule has 0 radical (unpaired) electrons. The van der Waals surface area contributed by atoms with E-state index >= 15 is 0 Å². The third-order valence-corrected chi connectivity index (χ3v) is 4.57. The summed E-state index contributed by atoms with van der Waals surface area (Å²) in [6.07, 6.45) is 3.93. The lowest BCUT2D eigenvalue weighted by atomic mass is 9.92. The Morgan fingerprint density at radius 2 is 2.32 bits per heavy atom. The third-order valence-electron chi connectivity index (χ3n) is 4.35. The van der Waals surface area contributed by atoms with E-state index in [4.69, 9.17) is 17.3 Å². The van der Waals surface area contributed by atoms with Crippen molar-refractivity contribution in [2.75, 3.05) is 13.1 Å². The van der Waals surface area contributed by atoms with Crippen LogP contribution in [0.15, 0.2) is 29.2 Å². The van der Waals surface area contributed by atoms with Crippen molar-refractivity contribution >= 4 is 17.2 Å². The second-order valence-corrected chi connectivity index (χ2v) is 6.59. The van der Waals surface area contributed by atoms with Crippen LogP contribution in [-0.4, -0.2) is 33.4 Å². The zero-order valence-corrected chi connectivity index (χ0v) is 13.5. The molecule has 3 heterocycles. The van der Waals surface area contributed by atoms with Gasteiger partial charge in [-0.2, -0.15) is 0 Å². The van der Waals surface area contributed by atoms with Crippen LogP contribution in [0.4, 0.5) is 0 Å². The molecule has 2 N–H and O–H groups in total. The highest BCUT2D eigenvalue weighted by atomic mass is 35.5. The molecule has 118 valence electrons. The Balaban J connectivity index is 1.82. The van der Waals surface area contributed by atoms with E-state index in [1.807, 2.05) is 0 Å². The van der Waals surface area contributed by atoms with Crippen LogP contribution in [0, 0.1) is 5.92 Å². The zero-order chi connectivity index (χ0) is 15.7. The van der Waals surface area contributed by atoms with E-state index in [9.17, 15) is 4.79 Å². The first kappa shape index (κ1) is 15.5. The first-order valence-corrected chi connectivity index (χ1v) is 8.06. The van der Waals surface area contributed by atoms with Crippen LogP contribution < -0.4 is 11.3 Å². The van der Waals surface area contributed by atoms with Gasteiger partial charge >= 0.3 is 0 Å². The van der Waals surface area contributed by atoms with Crippen molar-refractivity contribution < 1.29 is 0 Å². The van der Waals surface area contributed by atoms with Crippen LogP contribution in [0.3, 0.4) is 0 Å². The summed E-state index contributed by atoms with van der Waals surface area (Å²) in [6, 6.07) is 5.33. The Hall–Kier alpha value is -1.43. The van der Waals surface area contributed by atoms with Crippen molar-refractivity contribution in [1.82, 2.24) is 14.3 Å². The van der Waals surface area contributed by atoms with E-state index in [2.05, 4.69) is 16.8 Å². The molecule has 0 aromatic carbocycles. The Labute approximate surface area is 134 Å². The van der Waals surface area contributed by atoms with Gasteiger partial charge in [0.15, 0.2) is 0 Å². The molecular weight excluding hydrogens is 300 g/mol. The molecule has 0 spiro atoms. The second kappa shape index (κ2) is 6.36. The molecule has 2 aromatic rings. The normalized spacial score (nSPS) is 21.1. The van der Waals surface area contributed by atoms with Crippen molar-refractivity contribution in [3.63, 3.8) is 0 Å². The van der Waals surface area contributed by atoms with Crippen molar-refractivity contribution in [2.24, 2.45) is 11.7 Å². The molecule has 5 nitrogen and oxygen atoms in total. The van der Waals surface area contributed by atoms with E-state index in [0.29, 0.717) is 23.1 Å². The number of hydrogen-bond donors (Lipinski definition) is 1. The van der Waals surface area contributed by atoms with E-state index in [0.717, 1.165) is 25.2 Å². The highest BCUT2D eigenvalue weighted by molar-refractivity contribution is 6.30. The highest BCUT2D eigenvalue weighted by Crippen LogP contribution is 2.20. The van der Waals surface area contributed by atoms with Gasteiger partial charge in [-0.05, 0) is 44.4 Å². The van der Waals surface area contributed by atoms with Crippen LogP contribution in [0.5, 0.6) is 0 Å². The van der Waals surface area contributed by atoms with Gasteiger partial charge in [-0.25, -0.2) is 4.98 Å². The highest BCUT2D eigenvalue weighted by Gasteiger charge is 2.23. The Kier molecular flexibility index (Phi) is 4.47. The maximum Gasteiger partial charge on any atom is 0.258 e. The number of nitrogens with two attached hydrogens (primary N) is 1. The third kappa shape index (κ3) is 3.32. The minimum atomic E-state index is -0.0942. The Bertz CT molecular complexity index is 728. The van der Waals surface area contributed by atoms with Gasteiger partial charge in [0.25, 0.3) is 5.56 Å². The summed E-state index contributed by atoms with van der Waals surface area (Å²) in [6.45, 7) is 4.76. The number of fused-ring (bicyclic) bond motifs is 1. The molecule has 2 atom stereocenters. The number of hydrogen-bond acceptors (Lipinski definition) is 4. The number of aromatic nitrogens is 2. The Morgan fingerprint density at radius 3 is 3.09 bits per heavy atom. The zero-order valence-electron chi connectivity index (χ0n) is 12.7. The standard InChI is InChI=1S/C16H21ClN4O/c1-11(18)12-3-2-6-20(8-12)10-14-7-16(22)21-9-13(17)4-5-15(21)19-14/h4-5,7,9,11-12H,2-3,6,8,10,18H2,1H3. The molecular formula is C16H21ClN4O. The SMILES string of the molecule is CC(N)C1CCCN(Cc2cc(=O)n3cc(Cl)ccc3n2)C1. The number of piperidine rings is 1. The average Bonchev–Trinajstić information content (AvgIpc) is 2.48. The van der Waals surface area contributed by atoms with E-state index in [-0.39, 0.29) is 11.6 Å². The number of likely N-dealkylation sites (tertiary alicyclic amines) is 1. The molecule has 22 heavy (non-hydrogen) atoms. The minimum Gasteiger partial charge on any atom is -0.328 e. The number of halogens is 1. The summed E-state index contributed by atoms with van der Waals surface area (Å²) < 4.78 is 1.48. The van der Waals surface area contributed by atoms with Crippen molar-refractivity contribution in [3.05, 3.63) is 45.5 Å². The van der Waals surface area contributed by atoms with E-state index < -0.39 is 0 Å². The van der Waals surface area contributed by atoms with Crippen LogP contribution in [-0.2, 0) is 6.54 Å². The quantitative estimate of drug-likeness (QED) is 0.938. The van der Waals surface area contributed by atoms with Gasteiger partial charge in [-0.3, -0.25) is 14.1 Å². The van der Waals surface area contributed by atoms with Crippen molar-refractivity contribution in [1.29, 1.82) is 0 Å². The fraction of sp³-hybridized carbons (Fsp3) is 0.500. The Morgan fingerprint density at radius 1 is 1.50 bits per heavy atom. The molecule has 0 aliphatic carbocycles. The lowest BCUT2D eigenvalue weighted by molar-refractivity contribution is 0.153. The van der Waals surface area contributed by atoms with Gasteiger partial charge in [-0.1, -0.05) is 11.6 Å².